The summed E-state index contributed by atoms with van der Waals surface area (Å²) < 4.78 is 44.1. The highest BCUT2D eigenvalue weighted by Gasteiger charge is 2.29. The van der Waals surface area contributed by atoms with Crippen molar-refractivity contribution in [1.29, 1.82) is 0 Å². The summed E-state index contributed by atoms with van der Waals surface area (Å²) in [5.41, 5.74) is 1.31. The molecular weight excluding hydrogens is 335 g/mol. The minimum atomic E-state index is -4.39. The van der Waals surface area contributed by atoms with Crippen LogP contribution in [0.2, 0.25) is 0 Å². The lowest BCUT2D eigenvalue weighted by Crippen LogP contribution is -2.23. The first kappa shape index (κ1) is 16.9. The molecule has 0 aliphatic carbocycles. The molecule has 25 heavy (non-hydrogen) atoms. The number of benzene rings is 1. The van der Waals surface area contributed by atoms with Crippen molar-refractivity contribution in [2.75, 3.05) is 0 Å². The molecule has 0 unspecified atom stereocenters. The van der Waals surface area contributed by atoms with E-state index in [-0.39, 0.29) is 12.1 Å². The van der Waals surface area contributed by atoms with E-state index in [0.29, 0.717) is 28.3 Å². The van der Waals surface area contributed by atoms with Crippen LogP contribution in [0.15, 0.2) is 45.7 Å². The Morgan fingerprint density at radius 2 is 1.76 bits per heavy atom. The smallest absolute Gasteiger partial charge is 0.361 e. The molecule has 0 spiro atoms. The van der Waals surface area contributed by atoms with Gasteiger partial charge in [0.15, 0.2) is 0 Å². The molecule has 0 bridgehead atoms. The molecule has 0 saturated carbocycles. The van der Waals surface area contributed by atoms with E-state index in [9.17, 15) is 18.0 Å². The van der Waals surface area contributed by atoms with Gasteiger partial charge in [-0.25, -0.2) is 4.68 Å². The van der Waals surface area contributed by atoms with Crippen molar-refractivity contribution in [3.63, 3.8) is 0 Å². The maximum absolute atomic E-state index is 12.6. The fourth-order valence-corrected chi connectivity index (χ4v) is 2.52. The van der Waals surface area contributed by atoms with Crippen LogP contribution in [0.4, 0.5) is 13.2 Å². The zero-order valence-corrected chi connectivity index (χ0v) is 13.5. The lowest BCUT2D eigenvalue weighted by atomic mass is 10.1. The molecular formula is C17H14F3N3O2. The summed E-state index contributed by atoms with van der Waals surface area (Å²) in [4.78, 5) is 12.0. The largest absolute Gasteiger partial charge is 0.416 e. The molecule has 130 valence electrons. The third-order valence-electron chi connectivity index (χ3n) is 3.77. The van der Waals surface area contributed by atoms with E-state index in [4.69, 9.17) is 4.52 Å². The summed E-state index contributed by atoms with van der Waals surface area (Å²) in [6.45, 7) is 3.56. The number of aryl methyl sites for hydroxylation is 2. The molecule has 3 aromatic rings. The van der Waals surface area contributed by atoms with Crippen molar-refractivity contribution in [2.24, 2.45) is 0 Å². The Morgan fingerprint density at radius 1 is 1.08 bits per heavy atom. The maximum atomic E-state index is 12.6. The predicted molar refractivity (Wildman–Crippen MR) is 84.0 cm³/mol. The summed E-state index contributed by atoms with van der Waals surface area (Å²) >= 11 is 0. The molecule has 0 radical (unpaired) electrons. The van der Waals surface area contributed by atoms with Crippen molar-refractivity contribution in [1.82, 2.24) is 14.9 Å². The first-order valence-corrected chi connectivity index (χ1v) is 7.43. The standard InChI is InChI=1S/C17H14F3N3O2/c1-10-16(11(2)25-22-10)14-7-8-15(24)23(21-14)9-12-3-5-13(6-4-12)17(18,19)20/h3-8H,9H2,1-2H3. The summed E-state index contributed by atoms with van der Waals surface area (Å²) in [6.07, 6.45) is -4.39. The average Bonchev–Trinajstić information content (AvgIpc) is 2.88. The third kappa shape index (κ3) is 3.47. The molecule has 0 aliphatic rings. The minimum absolute atomic E-state index is 0.0637. The second-order valence-corrected chi connectivity index (χ2v) is 5.61. The van der Waals surface area contributed by atoms with Crippen molar-refractivity contribution in [2.45, 2.75) is 26.6 Å². The van der Waals surface area contributed by atoms with Crippen LogP contribution in [0.1, 0.15) is 22.6 Å². The predicted octanol–water partition coefficient (Wildman–Crippen LogP) is 3.58. The summed E-state index contributed by atoms with van der Waals surface area (Å²) in [6, 6.07) is 7.56. The van der Waals surface area contributed by atoms with Crippen LogP contribution in [-0.2, 0) is 12.7 Å². The van der Waals surface area contributed by atoms with Crippen LogP contribution in [-0.4, -0.2) is 14.9 Å². The van der Waals surface area contributed by atoms with Crippen LogP contribution in [0, 0.1) is 13.8 Å². The number of rotatable bonds is 3. The summed E-state index contributed by atoms with van der Waals surface area (Å²) in [7, 11) is 0. The van der Waals surface area contributed by atoms with Crippen molar-refractivity contribution in [3.05, 3.63) is 69.3 Å². The molecule has 2 aromatic heterocycles. The number of nitrogens with zero attached hydrogens (tertiary/aromatic N) is 3. The van der Waals surface area contributed by atoms with E-state index in [1.165, 1.54) is 22.9 Å². The van der Waals surface area contributed by atoms with E-state index in [0.717, 1.165) is 12.1 Å². The Kier molecular flexibility index (Phi) is 4.20. The SMILES string of the molecule is Cc1noc(C)c1-c1ccc(=O)n(Cc2ccc(C(F)(F)F)cc2)n1. The van der Waals surface area contributed by atoms with E-state index < -0.39 is 11.7 Å². The molecule has 3 rings (SSSR count). The van der Waals surface area contributed by atoms with Crippen LogP contribution in [0.5, 0.6) is 0 Å². The molecule has 5 nitrogen and oxygen atoms in total. The highest BCUT2D eigenvalue weighted by atomic mass is 19.4. The molecule has 0 aliphatic heterocycles. The highest BCUT2D eigenvalue weighted by molar-refractivity contribution is 5.62. The molecule has 0 fully saturated rings. The fourth-order valence-electron chi connectivity index (χ4n) is 2.52. The third-order valence-corrected chi connectivity index (χ3v) is 3.77. The van der Waals surface area contributed by atoms with E-state index in [1.54, 1.807) is 19.9 Å². The highest BCUT2D eigenvalue weighted by Crippen LogP contribution is 2.29. The van der Waals surface area contributed by atoms with E-state index in [2.05, 4.69) is 10.3 Å². The van der Waals surface area contributed by atoms with Crippen LogP contribution in [0.25, 0.3) is 11.3 Å². The summed E-state index contributed by atoms with van der Waals surface area (Å²) in [5, 5.41) is 8.14. The van der Waals surface area contributed by atoms with Gasteiger partial charge in [0, 0.05) is 6.07 Å². The van der Waals surface area contributed by atoms with Crippen molar-refractivity contribution < 1.29 is 17.7 Å². The average molecular weight is 349 g/mol. The van der Waals surface area contributed by atoms with Gasteiger partial charge in [-0.15, -0.1) is 0 Å². The van der Waals surface area contributed by atoms with Gasteiger partial charge in [0.05, 0.1) is 29.1 Å². The molecule has 0 saturated heterocycles. The van der Waals surface area contributed by atoms with Gasteiger partial charge in [-0.05, 0) is 37.6 Å². The Hall–Kier alpha value is -2.90. The molecule has 0 amide bonds. The number of alkyl halides is 3. The fraction of sp³-hybridized carbons (Fsp3) is 0.235. The van der Waals surface area contributed by atoms with E-state index in [1.807, 2.05) is 0 Å². The molecule has 0 atom stereocenters. The zero-order valence-electron chi connectivity index (χ0n) is 13.5. The Morgan fingerprint density at radius 3 is 2.32 bits per heavy atom. The second kappa shape index (κ2) is 6.19. The first-order chi connectivity index (χ1) is 11.8. The Balaban J connectivity index is 1.93. The lowest BCUT2D eigenvalue weighted by Gasteiger charge is -2.09. The Labute approximate surface area is 140 Å². The van der Waals surface area contributed by atoms with Gasteiger partial charge in [-0.3, -0.25) is 4.79 Å². The van der Waals surface area contributed by atoms with Crippen molar-refractivity contribution >= 4 is 0 Å². The number of hydrogen-bond donors (Lipinski definition) is 0. The van der Waals surface area contributed by atoms with Gasteiger partial charge >= 0.3 is 6.18 Å². The normalized spacial score (nSPS) is 11.7. The first-order valence-electron chi connectivity index (χ1n) is 7.43. The number of aromatic nitrogens is 3. The van der Waals surface area contributed by atoms with E-state index >= 15 is 0 Å². The summed E-state index contributed by atoms with van der Waals surface area (Å²) in [5.74, 6) is 0.574. The quantitative estimate of drug-likeness (QED) is 0.725. The van der Waals surface area contributed by atoms with Gasteiger partial charge in [0.25, 0.3) is 5.56 Å². The van der Waals surface area contributed by atoms with Gasteiger partial charge in [-0.1, -0.05) is 17.3 Å². The topological polar surface area (TPSA) is 60.9 Å². The van der Waals surface area contributed by atoms with Crippen LogP contribution < -0.4 is 5.56 Å². The van der Waals surface area contributed by atoms with Crippen molar-refractivity contribution in [3.8, 4) is 11.3 Å². The monoisotopic (exact) mass is 349 g/mol. The minimum Gasteiger partial charge on any atom is -0.361 e. The van der Waals surface area contributed by atoms with Gasteiger partial charge in [0.1, 0.15) is 5.76 Å². The van der Waals surface area contributed by atoms with Gasteiger partial charge in [0.2, 0.25) is 0 Å². The lowest BCUT2D eigenvalue weighted by molar-refractivity contribution is -0.137. The molecule has 0 N–H and O–H groups in total. The number of halogens is 3. The van der Waals surface area contributed by atoms with Gasteiger partial charge < -0.3 is 4.52 Å². The molecule has 8 heteroatoms. The Bertz CT molecular complexity index is 937. The zero-order chi connectivity index (χ0) is 18.2. The second-order valence-electron chi connectivity index (χ2n) is 5.61. The maximum Gasteiger partial charge on any atom is 0.416 e. The number of hydrogen-bond acceptors (Lipinski definition) is 4. The van der Waals surface area contributed by atoms with Crippen LogP contribution >= 0.6 is 0 Å². The molecule has 1 aromatic carbocycles. The molecule has 2 heterocycles. The van der Waals surface area contributed by atoms with Crippen LogP contribution in [0.3, 0.4) is 0 Å². The van der Waals surface area contributed by atoms with Gasteiger partial charge in [-0.2, -0.15) is 18.3 Å².